The standard InChI is InChI=1S/C14H17ClFN5/c1-8(9-4-6-10(15)7-5-9)18-13-20-11(14(2,3)16)19-12(17)21-13/h4-8H,1-3H3,(H3,17,18,19,20,21). The molecule has 0 aliphatic rings. The zero-order valence-electron chi connectivity index (χ0n) is 12.1. The van der Waals surface area contributed by atoms with Crippen LogP contribution in [0, 0.1) is 0 Å². The number of nitrogens with two attached hydrogens (primary N) is 1. The number of nitrogens with zero attached hydrogens (tertiary/aromatic N) is 3. The molecule has 0 saturated heterocycles. The van der Waals surface area contributed by atoms with Gasteiger partial charge in [0, 0.05) is 5.02 Å². The van der Waals surface area contributed by atoms with Crippen LogP contribution in [0.25, 0.3) is 0 Å². The lowest BCUT2D eigenvalue weighted by Crippen LogP contribution is -2.19. The number of benzene rings is 1. The van der Waals surface area contributed by atoms with Gasteiger partial charge in [0.1, 0.15) is 0 Å². The molecule has 1 atom stereocenters. The van der Waals surface area contributed by atoms with E-state index >= 15 is 0 Å². The maximum atomic E-state index is 13.9. The van der Waals surface area contributed by atoms with Crippen LogP contribution in [0.2, 0.25) is 5.02 Å². The van der Waals surface area contributed by atoms with Crippen molar-refractivity contribution in [3.63, 3.8) is 0 Å². The summed E-state index contributed by atoms with van der Waals surface area (Å²) >= 11 is 5.86. The lowest BCUT2D eigenvalue weighted by molar-refractivity contribution is 0.206. The molecule has 1 unspecified atom stereocenters. The van der Waals surface area contributed by atoms with E-state index in [0.717, 1.165) is 5.56 Å². The number of halogens is 2. The van der Waals surface area contributed by atoms with Gasteiger partial charge in [0.2, 0.25) is 11.9 Å². The molecular formula is C14H17ClFN5. The monoisotopic (exact) mass is 309 g/mol. The summed E-state index contributed by atoms with van der Waals surface area (Å²) in [5.41, 5.74) is 4.92. The topological polar surface area (TPSA) is 76.7 Å². The van der Waals surface area contributed by atoms with Crippen LogP contribution in [0.15, 0.2) is 24.3 Å². The first kappa shape index (κ1) is 15.4. The van der Waals surface area contributed by atoms with Gasteiger partial charge in [0.05, 0.1) is 6.04 Å². The number of hydrogen-bond acceptors (Lipinski definition) is 5. The molecule has 0 amide bonds. The molecule has 3 N–H and O–H groups in total. The third kappa shape index (κ3) is 4.01. The Bertz CT molecular complexity index is 624. The number of nitrogen functional groups attached to an aromatic ring is 1. The van der Waals surface area contributed by atoms with E-state index in [2.05, 4.69) is 20.3 Å². The normalized spacial score (nSPS) is 13.0. The van der Waals surface area contributed by atoms with Crippen molar-refractivity contribution in [1.29, 1.82) is 0 Å². The molecule has 2 rings (SSSR count). The van der Waals surface area contributed by atoms with Crippen LogP contribution in [-0.2, 0) is 5.67 Å². The van der Waals surface area contributed by atoms with Crippen molar-refractivity contribution in [1.82, 2.24) is 15.0 Å². The van der Waals surface area contributed by atoms with Gasteiger partial charge in [-0.3, -0.25) is 0 Å². The van der Waals surface area contributed by atoms with Gasteiger partial charge in [-0.05, 0) is 38.5 Å². The first-order valence-corrected chi connectivity index (χ1v) is 6.86. The van der Waals surface area contributed by atoms with Crippen molar-refractivity contribution in [2.24, 2.45) is 0 Å². The maximum absolute atomic E-state index is 13.9. The SMILES string of the molecule is CC(Nc1nc(N)nc(C(C)(C)F)n1)c1ccc(Cl)cc1. The Kier molecular flexibility index (Phi) is 4.27. The highest BCUT2D eigenvalue weighted by Gasteiger charge is 2.24. The third-order valence-electron chi connectivity index (χ3n) is 2.90. The van der Waals surface area contributed by atoms with Crippen molar-refractivity contribution in [2.45, 2.75) is 32.5 Å². The van der Waals surface area contributed by atoms with E-state index in [1.807, 2.05) is 19.1 Å². The first-order valence-electron chi connectivity index (χ1n) is 6.48. The predicted molar refractivity (Wildman–Crippen MR) is 81.9 cm³/mol. The minimum absolute atomic E-state index is 0.000746. The average molecular weight is 310 g/mol. The van der Waals surface area contributed by atoms with Crippen LogP contribution in [0.3, 0.4) is 0 Å². The number of anilines is 2. The van der Waals surface area contributed by atoms with Gasteiger partial charge in [0.15, 0.2) is 11.5 Å². The molecule has 0 saturated carbocycles. The number of alkyl halides is 1. The average Bonchev–Trinajstić information content (AvgIpc) is 2.37. The molecule has 1 aromatic carbocycles. The Hall–Kier alpha value is -1.95. The van der Waals surface area contributed by atoms with Crippen LogP contribution in [0.5, 0.6) is 0 Å². The van der Waals surface area contributed by atoms with Crippen molar-refractivity contribution in [2.75, 3.05) is 11.1 Å². The second-order valence-electron chi connectivity index (χ2n) is 5.23. The fraction of sp³-hybridized carbons (Fsp3) is 0.357. The summed E-state index contributed by atoms with van der Waals surface area (Å²) in [4.78, 5) is 11.9. The van der Waals surface area contributed by atoms with E-state index in [9.17, 15) is 4.39 Å². The molecule has 5 nitrogen and oxygen atoms in total. The largest absolute Gasteiger partial charge is 0.368 e. The Morgan fingerprint density at radius 1 is 1.19 bits per heavy atom. The van der Waals surface area contributed by atoms with Crippen molar-refractivity contribution < 1.29 is 4.39 Å². The molecule has 0 bridgehead atoms. The Labute approximate surface area is 127 Å². The minimum atomic E-state index is -1.68. The summed E-state index contributed by atoms with van der Waals surface area (Å²) in [7, 11) is 0. The third-order valence-corrected chi connectivity index (χ3v) is 3.15. The second-order valence-corrected chi connectivity index (χ2v) is 5.67. The summed E-state index contributed by atoms with van der Waals surface area (Å²) in [6, 6.07) is 7.30. The van der Waals surface area contributed by atoms with Gasteiger partial charge >= 0.3 is 0 Å². The van der Waals surface area contributed by atoms with Crippen LogP contribution in [0.4, 0.5) is 16.3 Å². The summed E-state index contributed by atoms with van der Waals surface area (Å²) in [5, 5.41) is 3.74. The Balaban J connectivity index is 2.23. The summed E-state index contributed by atoms with van der Waals surface area (Å²) in [6.07, 6.45) is 0. The number of nitrogens with one attached hydrogen (secondary N) is 1. The van der Waals surface area contributed by atoms with Crippen LogP contribution in [0.1, 0.15) is 38.2 Å². The molecule has 2 aromatic rings. The molecule has 1 heterocycles. The van der Waals surface area contributed by atoms with Gasteiger partial charge in [-0.2, -0.15) is 15.0 Å². The minimum Gasteiger partial charge on any atom is -0.368 e. The molecule has 0 spiro atoms. The zero-order chi connectivity index (χ0) is 15.6. The fourth-order valence-corrected chi connectivity index (χ4v) is 1.88. The molecule has 21 heavy (non-hydrogen) atoms. The summed E-state index contributed by atoms with van der Waals surface area (Å²) in [6.45, 7) is 4.67. The van der Waals surface area contributed by atoms with Gasteiger partial charge in [0.25, 0.3) is 0 Å². The molecular weight excluding hydrogens is 293 g/mol. The van der Waals surface area contributed by atoms with Crippen molar-refractivity contribution in [3.8, 4) is 0 Å². The van der Waals surface area contributed by atoms with E-state index in [1.54, 1.807) is 12.1 Å². The zero-order valence-corrected chi connectivity index (χ0v) is 12.8. The lowest BCUT2D eigenvalue weighted by Gasteiger charge is -2.17. The van der Waals surface area contributed by atoms with E-state index in [0.29, 0.717) is 5.02 Å². The summed E-state index contributed by atoms with van der Waals surface area (Å²) in [5.74, 6) is 0.225. The molecule has 0 aliphatic carbocycles. The molecule has 0 fully saturated rings. The van der Waals surface area contributed by atoms with Gasteiger partial charge in [-0.15, -0.1) is 0 Å². The van der Waals surface area contributed by atoms with Crippen LogP contribution in [-0.4, -0.2) is 15.0 Å². The van der Waals surface area contributed by atoms with E-state index in [-0.39, 0.29) is 23.8 Å². The van der Waals surface area contributed by atoms with Crippen LogP contribution >= 0.6 is 11.6 Å². The highest BCUT2D eigenvalue weighted by atomic mass is 35.5. The maximum Gasteiger partial charge on any atom is 0.228 e. The highest BCUT2D eigenvalue weighted by molar-refractivity contribution is 6.30. The first-order chi connectivity index (χ1) is 9.75. The van der Waals surface area contributed by atoms with Gasteiger partial charge in [-0.25, -0.2) is 4.39 Å². The highest BCUT2D eigenvalue weighted by Crippen LogP contribution is 2.24. The van der Waals surface area contributed by atoms with E-state index < -0.39 is 5.67 Å². The fourth-order valence-electron chi connectivity index (χ4n) is 1.75. The lowest BCUT2D eigenvalue weighted by atomic mass is 10.1. The smallest absolute Gasteiger partial charge is 0.228 e. The Morgan fingerprint density at radius 2 is 1.81 bits per heavy atom. The van der Waals surface area contributed by atoms with E-state index in [4.69, 9.17) is 17.3 Å². The molecule has 0 aliphatic heterocycles. The van der Waals surface area contributed by atoms with E-state index in [1.165, 1.54) is 13.8 Å². The molecule has 7 heteroatoms. The predicted octanol–water partition coefficient (Wildman–Crippen LogP) is 3.48. The second kappa shape index (κ2) is 5.81. The Morgan fingerprint density at radius 3 is 2.38 bits per heavy atom. The summed E-state index contributed by atoms with van der Waals surface area (Å²) < 4.78 is 13.9. The van der Waals surface area contributed by atoms with Crippen molar-refractivity contribution in [3.05, 3.63) is 40.7 Å². The van der Waals surface area contributed by atoms with Crippen LogP contribution < -0.4 is 11.1 Å². The number of hydrogen-bond donors (Lipinski definition) is 2. The molecule has 112 valence electrons. The molecule has 1 aromatic heterocycles. The van der Waals surface area contributed by atoms with Crippen molar-refractivity contribution >= 4 is 23.5 Å². The molecule has 0 radical (unpaired) electrons. The number of aromatic nitrogens is 3. The quantitative estimate of drug-likeness (QED) is 0.904. The number of rotatable bonds is 4. The van der Waals surface area contributed by atoms with Gasteiger partial charge < -0.3 is 11.1 Å². The van der Waals surface area contributed by atoms with Gasteiger partial charge in [-0.1, -0.05) is 23.7 Å².